The molecule has 0 saturated carbocycles. The van der Waals surface area contributed by atoms with Gasteiger partial charge in [-0.05, 0) is 24.1 Å². The molecule has 0 spiro atoms. The molecule has 2 rings (SSSR count). The number of hydrogen-bond donors (Lipinski definition) is 0. The maximum absolute atomic E-state index is 5.85. The number of ether oxygens (including phenoxy) is 2. The van der Waals surface area contributed by atoms with E-state index in [0.29, 0.717) is 6.61 Å². The highest BCUT2D eigenvalue weighted by Crippen LogP contribution is 2.36. The standard InChI is InChI=1S/C12H15BrO2/c1-4-8-5-10(13)6-9-7-14-12(2,3)15-11(8)9/h5-6H,4,7H2,1-3H3. The lowest BCUT2D eigenvalue weighted by atomic mass is 10.1. The monoisotopic (exact) mass is 270 g/mol. The lowest BCUT2D eigenvalue weighted by molar-refractivity contribution is -0.180. The van der Waals surface area contributed by atoms with Crippen molar-refractivity contribution >= 4 is 15.9 Å². The van der Waals surface area contributed by atoms with E-state index in [-0.39, 0.29) is 0 Å². The molecule has 0 unspecified atom stereocenters. The summed E-state index contributed by atoms with van der Waals surface area (Å²) in [5.74, 6) is 0.488. The van der Waals surface area contributed by atoms with Crippen LogP contribution in [-0.2, 0) is 17.8 Å². The summed E-state index contributed by atoms with van der Waals surface area (Å²) >= 11 is 3.50. The minimum atomic E-state index is -0.509. The summed E-state index contributed by atoms with van der Waals surface area (Å²) in [6, 6.07) is 4.17. The van der Waals surface area contributed by atoms with Gasteiger partial charge in [0.2, 0.25) is 5.79 Å². The molecule has 0 radical (unpaired) electrons. The second-order valence-corrected chi connectivity index (χ2v) is 5.11. The van der Waals surface area contributed by atoms with Gasteiger partial charge in [-0.2, -0.15) is 0 Å². The molecule has 3 heteroatoms. The summed E-state index contributed by atoms with van der Waals surface area (Å²) in [5, 5.41) is 0. The Morgan fingerprint density at radius 2 is 2.13 bits per heavy atom. The fraction of sp³-hybridized carbons (Fsp3) is 0.500. The first kappa shape index (κ1) is 11.0. The summed E-state index contributed by atoms with van der Waals surface area (Å²) in [7, 11) is 0. The van der Waals surface area contributed by atoms with Crippen molar-refractivity contribution in [3.05, 3.63) is 27.7 Å². The summed E-state index contributed by atoms with van der Waals surface area (Å²) in [6.45, 7) is 6.64. The molecule has 2 nitrogen and oxygen atoms in total. The van der Waals surface area contributed by atoms with E-state index in [0.717, 1.165) is 22.2 Å². The van der Waals surface area contributed by atoms with Gasteiger partial charge in [-0.25, -0.2) is 0 Å². The molecule has 0 N–H and O–H groups in total. The molecule has 1 aromatic carbocycles. The number of fused-ring (bicyclic) bond motifs is 1. The molecular weight excluding hydrogens is 256 g/mol. The average molecular weight is 271 g/mol. The van der Waals surface area contributed by atoms with Gasteiger partial charge in [0.1, 0.15) is 5.75 Å². The Balaban J connectivity index is 2.48. The highest BCUT2D eigenvalue weighted by atomic mass is 79.9. The summed E-state index contributed by atoms with van der Waals surface area (Å²) in [5.41, 5.74) is 2.36. The molecule has 82 valence electrons. The van der Waals surface area contributed by atoms with Gasteiger partial charge in [0, 0.05) is 23.9 Å². The fourth-order valence-electron chi connectivity index (χ4n) is 1.74. The van der Waals surface area contributed by atoms with Gasteiger partial charge in [0.25, 0.3) is 0 Å². The van der Waals surface area contributed by atoms with E-state index in [1.54, 1.807) is 0 Å². The maximum atomic E-state index is 5.85. The van der Waals surface area contributed by atoms with Crippen molar-refractivity contribution in [1.29, 1.82) is 0 Å². The molecule has 0 atom stereocenters. The topological polar surface area (TPSA) is 18.5 Å². The SMILES string of the molecule is CCc1cc(Br)cc2c1OC(C)(C)OC2. The second-order valence-electron chi connectivity index (χ2n) is 4.20. The van der Waals surface area contributed by atoms with Crippen molar-refractivity contribution in [2.75, 3.05) is 0 Å². The van der Waals surface area contributed by atoms with Crippen LogP contribution in [0.2, 0.25) is 0 Å². The van der Waals surface area contributed by atoms with Crippen LogP contribution in [-0.4, -0.2) is 5.79 Å². The molecule has 15 heavy (non-hydrogen) atoms. The summed E-state index contributed by atoms with van der Waals surface area (Å²) < 4.78 is 12.5. The van der Waals surface area contributed by atoms with Crippen LogP contribution in [0, 0.1) is 0 Å². The Hall–Kier alpha value is -0.540. The summed E-state index contributed by atoms with van der Waals surface area (Å²) in [6.07, 6.45) is 0.970. The van der Waals surface area contributed by atoms with E-state index in [4.69, 9.17) is 9.47 Å². The van der Waals surface area contributed by atoms with E-state index in [1.807, 2.05) is 13.8 Å². The minimum Gasteiger partial charge on any atom is -0.462 e. The van der Waals surface area contributed by atoms with Crippen molar-refractivity contribution in [3.8, 4) is 5.75 Å². The third-order valence-electron chi connectivity index (χ3n) is 2.51. The van der Waals surface area contributed by atoms with Crippen molar-refractivity contribution in [2.45, 2.75) is 39.6 Å². The molecule has 1 aliphatic heterocycles. The van der Waals surface area contributed by atoms with Crippen molar-refractivity contribution in [3.63, 3.8) is 0 Å². The number of benzene rings is 1. The van der Waals surface area contributed by atoms with Gasteiger partial charge in [0.15, 0.2) is 0 Å². The van der Waals surface area contributed by atoms with Gasteiger partial charge in [0.05, 0.1) is 6.61 Å². The van der Waals surface area contributed by atoms with E-state index >= 15 is 0 Å². The van der Waals surface area contributed by atoms with E-state index in [9.17, 15) is 0 Å². The van der Waals surface area contributed by atoms with Crippen LogP contribution < -0.4 is 4.74 Å². The van der Waals surface area contributed by atoms with Crippen molar-refractivity contribution in [2.24, 2.45) is 0 Å². The molecular formula is C12H15BrO2. The molecule has 0 bridgehead atoms. The molecule has 0 aliphatic carbocycles. The zero-order chi connectivity index (χ0) is 11.1. The Labute approximate surface area is 98.7 Å². The molecule has 0 aromatic heterocycles. The van der Waals surface area contributed by atoms with Crippen LogP contribution in [0.4, 0.5) is 0 Å². The first-order valence-electron chi connectivity index (χ1n) is 5.16. The van der Waals surface area contributed by atoms with Gasteiger partial charge < -0.3 is 9.47 Å². The Morgan fingerprint density at radius 1 is 1.40 bits per heavy atom. The first-order chi connectivity index (χ1) is 7.02. The van der Waals surface area contributed by atoms with Crippen LogP contribution in [0.15, 0.2) is 16.6 Å². The Bertz CT molecular complexity index is 368. The molecule has 1 aliphatic rings. The third-order valence-corrected chi connectivity index (χ3v) is 2.97. The van der Waals surface area contributed by atoms with E-state index < -0.39 is 5.79 Å². The van der Waals surface area contributed by atoms with Crippen molar-refractivity contribution < 1.29 is 9.47 Å². The smallest absolute Gasteiger partial charge is 0.205 e. The molecule has 1 aromatic rings. The van der Waals surface area contributed by atoms with Crippen LogP contribution in [0.1, 0.15) is 31.9 Å². The van der Waals surface area contributed by atoms with Crippen molar-refractivity contribution in [1.82, 2.24) is 0 Å². The number of aryl methyl sites for hydroxylation is 1. The number of halogens is 1. The van der Waals surface area contributed by atoms with Gasteiger partial charge >= 0.3 is 0 Å². The first-order valence-corrected chi connectivity index (χ1v) is 5.95. The van der Waals surface area contributed by atoms with E-state index in [2.05, 4.69) is 35.0 Å². The van der Waals surface area contributed by atoms with Gasteiger partial charge in [-0.15, -0.1) is 0 Å². The highest BCUT2D eigenvalue weighted by Gasteiger charge is 2.28. The van der Waals surface area contributed by atoms with E-state index in [1.165, 1.54) is 5.56 Å². The van der Waals surface area contributed by atoms with Crippen LogP contribution in [0.25, 0.3) is 0 Å². The lowest BCUT2D eigenvalue weighted by Crippen LogP contribution is -2.35. The quantitative estimate of drug-likeness (QED) is 0.776. The second kappa shape index (κ2) is 3.80. The largest absolute Gasteiger partial charge is 0.462 e. The number of hydrogen-bond acceptors (Lipinski definition) is 2. The van der Waals surface area contributed by atoms with Crippen LogP contribution >= 0.6 is 15.9 Å². The lowest BCUT2D eigenvalue weighted by Gasteiger charge is -2.34. The third kappa shape index (κ3) is 2.18. The average Bonchev–Trinajstić information content (AvgIpc) is 2.17. The summed E-state index contributed by atoms with van der Waals surface area (Å²) in [4.78, 5) is 0. The van der Waals surface area contributed by atoms with Crippen LogP contribution in [0.5, 0.6) is 5.75 Å². The normalized spacial score (nSPS) is 18.1. The Morgan fingerprint density at radius 3 is 2.80 bits per heavy atom. The van der Waals surface area contributed by atoms with Gasteiger partial charge in [-0.3, -0.25) is 0 Å². The Kier molecular flexibility index (Phi) is 2.77. The fourth-order valence-corrected chi connectivity index (χ4v) is 2.29. The predicted molar refractivity (Wildman–Crippen MR) is 63.0 cm³/mol. The molecule has 0 saturated heterocycles. The number of rotatable bonds is 1. The predicted octanol–water partition coefficient (Wildman–Crippen LogP) is 3.66. The van der Waals surface area contributed by atoms with Crippen LogP contribution in [0.3, 0.4) is 0 Å². The minimum absolute atomic E-state index is 0.509. The zero-order valence-electron chi connectivity index (χ0n) is 9.26. The maximum Gasteiger partial charge on any atom is 0.205 e. The highest BCUT2D eigenvalue weighted by molar-refractivity contribution is 9.10. The molecule has 0 amide bonds. The van der Waals surface area contributed by atoms with Gasteiger partial charge in [-0.1, -0.05) is 22.9 Å². The zero-order valence-corrected chi connectivity index (χ0v) is 10.8. The molecule has 0 fully saturated rings. The molecule has 1 heterocycles.